The molecule has 68 valence electrons. The molecule has 0 aromatic carbocycles. The average molecular weight is 167 g/mol. The lowest BCUT2D eigenvalue weighted by molar-refractivity contribution is 0.619. The fourth-order valence-electron chi connectivity index (χ4n) is 1.28. The Bertz CT molecular complexity index is 217. The molecular weight excluding hydrogens is 150 g/mol. The first-order valence-electron chi connectivity index (χ1n) is 4.57. The van der Waals surface area contributed by atoms with Crippen LogP contribution in [-0.2, 0) is 13.0 Å². The first kappa shape index (κ1) is 9.26. The van der Waals surface area contributed by atoms with Crippen molar-refractivity contribution in [2.45, 2.75) is 32.7 Å². The van der Waals surface area contributed by atoms with Crippen LogP contribution in [0, 0.1) is 0 Å². The quantitative estimate of drug-likeness (QED) is 0.715. The number of nitrogens with two attached hydrogens (primary N) is 1. The third kappa shape index (κ3) is 2.34. The Balaban J connectivity index is 2.51. The summed E-state index contributed by atoms with van der Waals surface area (Å²) in [6, 6.07) is 0. The van der Waals surface area contributed by atoms with Gasteiger partial charge in [0.1, 0.15) is 0 Å². The molecule has 0 saturated carbocycles. The summed E-state index contributed by atoms with van der Waals surface area (Å²) < 4.78 is 2.19. The molecule has 12 heavy (non-hydrogen) atoms. The summed E-state index contributed by atoms with van der Waals surface area (Å²) in [4.78, 5) is 4.12. The minimum atomic E-state index is 0.754. The Kier molecular flexibility index (Phi) is 3.80. The summed E-state index contributed by atoms with van der Waals surface area (Å²) in [6.45, 7) is 3.94. The lowest BCUT2D eigenvalue weighted by atomic mass is 10.2. The largest absolute Gasteiger partial charge is 0.335 e. The van der Waals surface area contributed by atoms with Crippen LogP contribution < -0.4 is 5.73 Å². The van der Waals surface area contributed by atoms with Crippen LogP contribution in [0.5, 0.6) is 0 Å². The Morgan fingerprint density at radius 2 is 2.42 bits per heavy atom. The van der Waals surface area contributed by atoms with Gasteiger partial charge in [-0.2, -0.15) is 0 Å². The summed E-state index contributed by atoms with van der Waals surface area (Å²) in [7, 11) is 0. The molecule has 3 nitrogen and oxygen atoms in total. The highest BCUT2D eigenvalue weighted by Crippen LogP contribution is 2.03. The molecule has 0 aliphatic heterocycles. The highest BCUT2D eigenvalue weighted by molar-refractivity contribution is 4.98. The summed E-state index contributed by atoms with van der Waals surface area (Å²) in [5, 5.41) is 0. The maximum absolute atomic E-state index is 5.44. The number of hydrogen-bond acceptors (Lipinski definition) is 2. The summed E-state index contributed by atoms with van der Waals surface area (Å²) in [5.41, 5.74) is 6.76. The van der Waals surface area contributed by atoms with Crippen molar-refractivity contribution in [2.75, 3.05) is 6.54 Å². The van der Waals surface area contributed by atoms with Crippen molar-refractivity contribution >= 4 is 0 Å². The molecule has 2 N–H and O–H groups in total. The number of hydrogen-bond donors (Lipinski definition) is 1. The van der Waals surface area contributed by atoms with Gasteiger partial charge in [-0.3, -0.25) is 0 Å². The molecule has 1 heterocycles. The molecule has 1 aromatic heterocycles. The van der Waals surface area contributed by atoms with Gasteiger partial charge >= 0.3 is 0 Å². The zero-order chi connectivity index (χ0) is 8.81. The van der Waals surface area contributed by atoms with Gasteiger partial charge in [0.05, 0.1) is 6.33 Å². The van der Waals surface area contributed by atoms with Gasteiger partial charge < -0.3 is 10.3 Å². The van der Waals surface area contributed by atoms with Crippen LogP contribution in [-0.4, -0.2) is 16.1 Å². The van der Waals surface area contributed by atoms with E-state index in [0.717, 1.165) is 25.9 Å². The third-order valence-corrected chi connectivity index (χ3v) is 1.91. The predicted octanol–water partition coefficient (Wildman–Crippen LogP) is 1.18. The Hall–Kier alpha value is -0.830. The first-order chi connectivity index (χ1) is 5.88. The van der Waals surface area contributed by atoms with Gasteiger partial charge in [-0.1, -0.05) is 13.3 Å². The first-order valence-corrected chi connectivity index (χ1v) is 4.57. The van der Waals surface area contributed by atoms with E-state index in [2.05, 4.69) is 16.5 Å². The average Bonchev–Trinajstić information content (AvgIpc) is 2.50. The van der Waals surface area contributed by atoms with E-state index in [9.17, 15) is 0 Å². The number of rotatable bonds is 5. The van der Waals surface area contributed by atoms with Gasteiger partial charge in [-0.15, -0.1) is 0 Å². The van der Waals surface area contributed by atoms with Gasteiger partial charge in [-0.05, 0) is 19.4 Å². The molecule has 0 unspecified atom stereocenters. The topological polar surface area (TPSA) is 43.8 Å². The summed E-state index contributed by atoms with van der Waals surface area (Å²) >= 11 is 0. The number of aromatic nitrogens is 2. The minimum Gasteiger partial charge on any atom is -0.335 e. The SMILES string of the molecule is CCCc1cncn1CCCN. The molecule has 1 rings (SSSR count). The molecule has 1 aromatic rings. The second-order valence-electron chi connectivity index (χ2n) is 2.97. The number of imidazole rings is 1. The minimum absolute atomic E-state index is 0.754. The molecule has 0 amide bonds. The molecule has 0 aliphatic carbocycles. The van der Waals surface area contributed by atoms with Crippen molar-refractivity contribution < 1.29 is 0 Å². The lowest BCUT2D eigenvalue weighted by Gasteiger charge is -2.05. The van der Waals surface area contributed by atoms with E-state index in [-0.39, 0.29) is 0 Å². The van der Waals surface area contributed by atoms with Crippen LogP contribution in [0.3, 0.4) is 0 Å². The van der Waals surface area contributed by atoms with Crippen molar-refractivity contribution in [3.05, 3.63) is 18.2 Å². The monoisotopic (exact) mass is 167 g/mol. The van der Waals surface area contributed by atoms with Gasteiger partial charge in [0.15, 0.2) is 0 Å². The Labute approximate surface area is 73.6 Å². The predicted molar refractivity (Wildman–Crippen MR) is 49.9 cm³/mol. The second kappa shape index (κ2) is 4.93. The molecule has 0 atom stereocenters. The highest BCUT2D eigenvalue weighted by Gasteiger charge is 1.98. The third-order valence-electron chi connectivity index (χ3n) is 1.91. The lowest BCUT2D eigenvalue weighted by Crippen LogP contribution is -2.07. The van der Waals surface area contributed by atoms with Crippen LogP contribution in [0.1, 0.15) is 25.5 Å². The molecule has 0 saturated heterocycles. The fraction of sp³-hybridized carbons (Fsp3) is 0.667. The molecule has 0 spiro atoms. The summed E-state index contributed by atoms with van der Waals surface area (Å²) in [6.07, 6.45) is 7.16. The van der Waals surface area contributed by atoms with Gasteiger partial charge in [-0.25, -0.2) is 4.98 Å². The molecule has 3 heteroatoms. The highest BCUT2D eigenvalue weighted by atomic mass is 15.0. The van der Waals surface area contributed by atoms with E-state index < -0.39 is 0 Å². The van der Waals surface area contributed by atoms with E-state index >= 15 is 0 Å². The van der Waals surface area contributed by atoms with Crippen molar-refractivity contribution in [1.82, 2.24) is 9.55 Å². The van der Waals surface area contributed by atoms with Gasteiger partial charge in [0.2, 0.25) is 0 Å². The number of nitrogens with zero attached hydrogens (tertiary/aromatic N) is 2. The van der Waals surface area contributed by atoms with E-state index in [1.165, 1.54) is 12.1 Å². The Morgan fingerprint density at radius 3 is 3.08 bits per heavy atom. The Morgan fingerprint density at radius 1 is 1.58 bits per heavy atom. The van der Waals surface area contributed by atoms with Crippen molar-refractivity contribution in [3.8, 4) is 0 Å². The van der Waals surface area contributed by atoms with Crippen LogP contribution in [0.2, 0.25) is 0 Å². The van der Waals surface area contributed by atoms with E-state index in [0.29, 0.717) is 0 Å². The van der Waals surface area contributed by atoms with Gasteiger partial charge in [0, 0.05) is 18.4 Å². The molecule has 0 bridgehead atoms. The standard InChI is InChI=1S/C9H17N3/c1-2-4-9-7-11-8-12(9)6-3-5-10/h7-8H,2-6,10H2,1H3. The zero-order valence-electron chi connectivity index (χ0n) is 7.66. The second-order valence-corrected chi connectivity index (χ2v) is 2.97. The van der Waals surface area contributed by atoms with Crippen molar-refractivity contribution in [1.29, 1.82) is 0 Å². The van der Waals surface area contributed by atoms with Crippen LogP contribution in [0.25, 0.3) is 0 Å². The van der Waals surface area contributed by atoms with E-state index in [4.69, 9.17) is 5.73 Å². The molecule has 0 aliphatic rings. The molecular formula is C9H17N3. The normalized spacial score (nSPS) is 10.5. The molecule has 0 fully saturated rings. The van der Waals surface area contributed by atoms with Crippen LogP contribution in [0.4, 0.5) is 0 Å². The smallest absolute Gasteiger partial charge is 0.0948 e. The van der Waals surface area contributed by atoms with Crippen molar-refractivity contribution in [2.24, 2.45) is 5.73 Å². The maximum atomic E-state index is 5.44. The fourth-order valence-corrected chi connectivity index (χ4v) is 1.28. The zero-order valence-corrected chi connectivity index (χ0v) is 7.66. The van der Waals surface area contributed by atoms with Gasteiger partial charge in [0.25, 0.3) is 0 Å². The van der Waals surface area contributed by atoms with Crippen LogP contribution >= 0.6 is 0 Å². The van der Waals surface area contributed by atoms with Crippen LogP contribution in [0.15, 0.2) is 12.5 Å². The number of aryl methyl sites for hydroxylation is 2. The van der Waals surface area contributed by atoms with E-state index in [1.54, 1.807) is 0 Å². The van der Waals surface area contributed by atoms with Crippen molar-refractivity contribution in [3.63, 3.8) is 0 Å². The van der Waals surface area contributed by atoms with E-state index in [1.807, 2.05) is 12.5 Å². The molecule has 0 radical (unpaired) electrons. The summed E-state index contributed by atoms with van der Waals surface area (Å²) in [5.74, 6) is 0. The maximum Gasteiger partial charge on any atom is 0.0948 e.